The molecule has 1 unspecified atom stereocenters. The molecule has 1 rings (SSSR count). The molecule has 106 valence electrons. The van der Waals surface area contributed by atoms with Crippen LogP contribution < -0.4 is 0 Å². The van der Waals surface area contributed by atoms with E-state index in [1.54, 1.807) is 30.3 Å². The lowest BCUT2D eigenvalue weighted by molar-refractivity contribution is -0.150. The number of aliphatic hydroxyl groups is 4. The lowest BCUT2D eigenvalue weighted by atomic mass is 9.97. The molecule has 0 radical (unpaired) electrons. The highest BCUT2D eigenvalue weighted by atomic mass is 16.5. The van der Waals surface area contributed by atoms with Gasteiger partial charge in [0, 0.05) is 7.11 Å². The minimum absolute atomic E-state index is 0.528. The zero-order valence-corrected chi connectivity index (χ0v) is 10.5. The van der Waals surface area contributed by atoms with Crippen LogP contribution in [0.5, 0.6) is 0 Å². The minimum atomic E-state index is -1.84. The summed E-state index contributed by atoms with van der Waals surface area (Å²) in [6.07, 6.45) is -6.24. The van der Waals surface area contributed by atoms with Gasteiger partial charge in [-0.25, -0.2) is 0 Å². The maximum atomic E-state index is 12.0. The van der Waals surface area contributed by atoms with E-state index in [-0.39, 0.29) is 0 Å². The number of carbonyl (C=O) groups is 1. The van der Waals surface area contributed by atoms with E-state index in [0.717, 1.165) is 0 Å². The Morgan fingerprint density at radius 2 is 1.79 bits per heavy atom. The molecule has 0 fully saturated rings. The van der Waals surface area contributed by atoms with Crippen molar-refractivity contribution in [2.45, 2.75) is 24.4 Å². The van der Waals surface area contributed by atoms with Crippen LogP contribution in [0.2, 0.25) is 0 Å². The van der Waals surface area contributed by atoms with Crippen molar-refractivity contribution in [1.82, 2.24) is 0 Å². The van der Waals surface area contributed by atoms with E-state index in [2.05, 4.69) is 0 Å². The van der Waals surface area contributed by atoms with E-state index in [1.807, 2.05) is 0 Å². The van der Waals surface area contributed by atoms with Crippen molar-refractivity contribution >= 4 is 5.78 Å². The number of hydrogen-bond donors (Lipinski definition) is 4. The summed E-state index contributed by atoms with van der Waals surface area (Å²) in [5.74, 6) is -0.784. The predicted octanol–water partition coefficient (Wildman–Crippen LogP) is -0.982. The predicted molar refractivity (Wildman–Crippen MR) is 66.3 cm³/mol. The first-order valence-electron chi connectivity index (χ1n) is 5.79. The Hall–Kier alpha value is -1.31. The summed E-state index contributed by atoms with van der Waals surface area (Å²) in [5.41, 5.74) is 0.528. The molecule has 6 nitrogen and oxygen atoms in total. The van der Waals surface area contributed by atoms with Gasteiger partial charge in [0.15, 0.2) is 5.78 Å². The van der Waals surface area contributed by atoms with Crippen molar-refractivity contribution in [2.24, 2.45) is 0 Å². The standard InChI is InChI=1S/C13H18O6/c1-19-13(8-5-3-2-4-6-8)12(18)11(17)10(16)9(15)7-14/h2-6,9-11,13-17H,7H2,1H3/t9-,10+,11-,13?/m1/s1. The smallest absolute Gasteiger partial charge is 0.197 e. The number of Topliss-reactive ketones (excluding diaryl/α,β-unsaturated/α-hetero) is 1. The third-order valence-electron chi connectivity index (χ3n) is 2.79. The van der Waals surface area contributed by atoms with Crippen LogP contribution in [0.1, 0.15) is 11.7 Å². The van der Waals surface area contributed by atoms with Crippen molar-refractivity contribution in [1.29, 1.82) is 0 Å². The van der Waals surface area contributed by atoms with E-state index in [1.165, 1.54) is 7.11 Å². The monoisotopic (exact) mass is 270 g/mol. The highest BCUT2D eigenvalue weighted by Crippen LogP contribution is 2.20. The molecular formula is C13H18O6. The van der Waals surface area contributed by atoms with Crippen molar-refractivity contribution < 1.29 is 30.0 Å². The van der Waals surface area contributed by atoms with Crippen molar-refractivity contribution in [3.63, 3.8) is 0 Å². The largest absolute Gasteiger partial charge is 0.394 e. The first kappa shape index (κ1) is 15.7. The molecule has 0 spiro atoms. The SMILES string of the molecule is COC(C(=O)[C@H](O)[C@@H](O)[C@H](O)CO)c1ccccc1. The van der Waals surface area contributed by atoms with Gasteiger partial charge in [-0.1, -0.05) is 30.3 Å². The quantitative estimate of drug-likeness (QED) is 0.507. The number of hydrogen-bond acceptors (Lipinski definition) is 6. The highest BCUT2D eigenvalue weighted by Gasteiger charge is 2.34. The number of rotatable bonds is 7. The molecule has 4 N–H and O–H groups in total. The third kappa shape index (κ3) is 3.82. The summed E-state index contributed by atoms with van der Waals surface area (Å²) in [7, 11) is 1.30. The summed E-state index contributed by atoms with van der Waals surface area (Å²) in [6.45, 7) is -0.755. The molecule has 0 amide bonds. The van der Waals surface area contributed by atoms with Crippen LogP contribution in [0, 0.1) is 0 Å². The number of benzene rings is 1. The normalized spacial score (nSPS) is 17.5. The van der Waals surface area contributed by atoms with Gasteiger partial charge in [-0.15, -0.1) is 0 Å². The van der Waals surface area contributed by atoms with E-state index in [4.69, 9.17) is 9.84 Å². The molecule has 1 aromatic rings. The van der Waals surface area contributed by atoms with Crippen LogP contribution in [-0.4, -0.2) is 58.2 Å². The van der Waals surface area contributed by atoms with Crippen LogP contribution >= 0.6 is 0 Å². The highest BCUT2D eigenvalue weighted by molar-refractivity contribution is 5.88. The molecule has 6 heteroatoms. The topological polar surface area (TPSA) is 107 Å². The molecule has 0 bridgehead atoms. The molecule has 0 aliphatic heterocycles. The van der Waals surface area contributed by atoms with Crippen LogP contribution in [-0.2, 0) is 9.53 Å². The summed E-state index contributed by atoms with van der Waals surface area (Å²) in [4.78, 5) is 12.0. The lowest BCUT2D eigenvalue weighted by Crippen LogP contribution is -2.45. The number of methoxy groups -OCH3 is 1. The second kappa shape index (κ2) is 7.32. The van der Waals surface area contributed by atoms with Crippen LogP contribution in [0.3, 0.4) is 0 Å². The van der Waals surface area contributed by atoms with Gasteiger partial charge < -0.3 is 25.2 Å². The maximum absolute atomic E-state index is 12.0. The van der Waals surface area contributed by atoms with Crippen LogP contribution in [0.4, 0.5) is 0 Å². The number of ether oxygens (including phenoxy) is 1. The van der Waals surface area contributed by atoms with Crippen molar-refractivity contribution in [3.8, 4) is 0 Å². The number of carbonyl (C=O) groups excluding carboxylic acids is 1. The van der Waals surface area contributed by atoms with E-state index < -0.39 is 36.8 Å². The van der Waals surface area contributed by atoms with Crippen molar-refractivity contribution in [2.75, 3.05) is 13.7 Å². The molecule has 0 aliphatic carbocycles. The molecule has 4 atom stereocenters. The Morgan fingerprint density at radius 1 is 1.21 bits per heavy atom. The fourth-order valence-electron chi connectivity index (χ4n) is 1.69. The molecule has 0 heterocycles. The first-order chi connectivity index (χ1) is 9.02. The van der Waals surface area contributed by atoms with Gasteiger partial charge in [-0.3, -0.25) is 4.79 Å². The fourth-order valence-corrected chi connectivity index (χ4v) is 1.69. The maximum Gasteiger partial charge on any atom is 0.197 e. The van der Waals surface area contributed by atoms with E-state index in [0.29, 0.717) is 5.56 Å². The molecule has 1 aromatic carbocycles. The van der Waals surface area contributed by atoms with E-state index in [9.17, 15) is 20.1 Å². The summed E-state index contributed by atoms with van der Waals surface area (Å²) in [5, 5.41) is 37.1. The van der Waals surface area contributed by atoms with E-state index >= 15 is 0 Å². The first-order valence-corrected chi connectivity index (χ1v) is 5.79. The zero-order valence-electron chi connectivity index (χ0n) is 10.5. The third-order valence-corrected chi connectivity index (χ3v) is 2.79. The average molecular weight is 270 g/mol. The molecule has 0 saturated carbocycles. The average Bonchev–Trinajstić information content (AvgIpc) is 2.46. The molecular weight excluding hydrogens is 252 g/mol. The van der Waals surface area contributed by atoms with Crippen molar-refractivity contribution in [3.05, 3.63) is 35.9 Å². The number of aliphatic hydroxyl groups excluding tert-OH is 4. The summed E-state index contributed by atoms with van der Waals surface area (Å²) in [6, 6.07) is 8.47. The van der Waals surface area contributed by atoms with Gasteiger partial charge in [0.05, 0.1) is 6.61 Å². The van der Waals surface area contributed by atoms with Gasteiger partial charge in [-0.2, -0.15) is 0 Å². The number of ketones is 1. The summed E-state index contributed by atoms with van der Waals surface area (Å²) >= 11 is 0. The zero-order chi connectivity index (χ0) is 14.4. The van der Waals surface area contributed by atoms with Gasteiger partial charge >= 0.3 is 0 Å². The second-order valence-corrected chi connectivity index (χ2v) is 4.11. The minimum Gasteiger partial charge on any atom is -0.394 e. The Kier molecular flexibility index (Phi) is 6.07. The second-order valence-electron chi connectivity index (χ2n) is 4.11. The van der Waals surface area contributed by atoms with Gasteiger partial charge in [-0.05, 0) is 5.56 Å². The fraction of sp³-hybridized carbons (Fsp3) is 0.462. The molecule has 19 heavy (non-hydrogen) atoms. The molecule has 0 saturated heterocycles. The summed E-state index contributed by atoms with van der Waals surface area (Å²) < 4.78 is 5.02. The van der Waals surface area contributed by atoms with Crippen LogP contribution in [0.25, 0.3) is 0 Å². The van der Waals surface area contributed by atoms with Gasteiger partial charge in [0.2, 0.25) is 0 Å². The van der Waals surface area contributed by atoms with Gasteiger partial charge in [0.1, 0.15) is 24.4 Å². The molecule has 0 aliphatic rings. The van der Waals surface area contributed by atoms with Crippen LogP contribution in [0.15, 0.2) is 30.3 Å². The molecule has 0 aromatic heterocycles. The Labute approximate surface area is 110 Å². The van der Waals surface area contributed by atoms with Gasteiger partial charge in [0.25, 0.3) is 0 Å². The lowest BCUT2D eigenvalue weighted by Gasteiger charge is -2.24. The Morgan fingerprint density at radius 3 is 2.26 bits per heavy atom. The Bertz CT molecular complexity index is 393. The Balaban J connectivity index is 2.85.